The maximum Gasteiger partial charge on any atom is 0.0235 e. The van der Waals surface area contributed by atoms with Gasteiger partial charge in [0.1, 0.15) is 0 Å². The lowest BCUT2D eigenvalue weighted by molar-refractivity contribution is 0.251. The Hall–Kier alpha value is -0.860. The van der Waals surface area contributed by atoms with Gasteiger partial charge < -0.3 is 10.2 Å². The molecule has 0 bridgehead atoms. The molecule has 1 heterocycles. The first kappa shape index (κ1) is 13.6. The molecular formula is C16H26N2. The van der Waals surface area contributed by atoms with Crippen LogP contribution in [0.3, 0.4) is 0 Å². The Labute approximate surface area is 111 Å². The van der Waals surface area contributed by atoms with Gasteiger partial charge in [0.05, 0.1) is 0 Å². The van der Waals surface area contributed by atoms with Crippen LogP contribution in [0.25, 0.3) is 0 Å². The summed E-state index contributed by atoms with van der Waals surface area (Å²) in [6.45, 7) is 9.06. The van der Waals surface area contributed by atoms with E-state index in [-0.39, 0.29) is 0 Å². The summed E-state index contributed by atoms with van der Waals surface area (Å²) in [6.07, 6.45) is 2.40. The largest absolute Gasteiger partial charge is 0.310 e. The molecule has 1 aromatic rings. The summed E-state index contributed by atoms with van der Waals surface area (Å²) in [7, 11) is 2.26. The van der Waals surface area contributed by atoms with E-state index in [1.54, 1.807) is 0 Å². The lowest BCUT2D eigenvalue weighted by Crippen LogP contribution is -2.34. The zero-order chi connectivity index (χ0) is 13.2. The number of nitrogens with zero attached hydrogens (tertiary/aromatic N) is 1. The lowest BCUT2D eigenvalue weighted by atomic mass is 10.0. The quantitative estimate of drug-likeness (QED) is 0.878. The second-order valence-electron chi connectivity index (χ2n) is 6.28. The highest BCUT2D eigenvalue weighted by molar-refractivity contribution is 5.25. The van der Waals surface area contributed by atoms with Crippen molar-refractivity contribution >= 4 is 0 Å². The number of benzene rings is 1. The zero-order valence-corrected chi connectivity index (χ0v) is 12.2. The predicted molar refractivity (Wildman–Crippen MR) is 78.0 cm³/mol. The molecule has 1 N–H and O–H groups in total. The Balaban J connectivity index is 1.86. The van der Waals surface area contributed by atoms with Crippen LogP contribution >= 0.6 is 0 Å². The van der Waals surface area contributed by atoms with Crippen LogP contribution in [-0.4, -0.2) is 36.6 Å². The van der Waals surface area contributed by atoms with Gasteiger partial charge >= 0.3 is 0 Å². The molecule has 1 unspecified atom stereocenters. The molecule has 2 heteroatoms. The van der Waals surface area contributed by atoms with Gasteiger partial charge in [-0.3, -0.25) is 0 Å². The SMILES string of the molecule is Cc1ccccc1CCN(C)C1CNC(C)(C)C1. The number of nitrogens with one attached hydrogen (secondary N) is 1. The summed E-state index contributed by atoms with van der Waals surface area (Å²) in [5, 5.41) is 3.59. The average molecular weight is 246 g/mol. The lowest BCUT2D eigenvalue weighted by Gasteiger charge is -2.25. The van der Waals surface area contributed by atoms with Gasteiger partial charge in [0.2, 0.25) is 0 Å². The Morgan fingerprint density at radius 3 is 2.67 bits per heavy atom. The van der Waals surface area contributed by atoms with Crippen LogP contribution in [-0.2, 0) is 6.42 Å². The maximum atomic E-state index is 3.59. The van der Waals surface area contributed by atoms with E-state index in [1.165, 1.54) is 17.5 Å². The summed E-state index contributed by atoms with van der Waals surface area (Å²) >= 11 is 0. The molecular weight excluding hydrogens is 220 g/mol. The van der Waals surface area contributed by atoms with E-state index in [0.717, 1.165) is 19.5 Å². The van der Waals surface area contributed by atoms with Crippen molar-refractivity contribution in [3.05, 3.63) is 35.4 Å². The molecule has 1 aliphatic rings. The molecule has 1 atom stereocenters. The molecule has 1 saturated heterocycles. The fraction of sp³-hybridized carbons (Fsp3) is 0.625. The molecule has 2 rings (SSSR count). The molecule has 1 aromatic carbocycles. The molecule has 0 aliphatic carbocycles. The van der Waals surface area contributed by atoms with Crippen LogP contribution in [0.5, 0.6) is 0 Å². The monoisotopic (exact) mass is 246 g/mol. The van der Waals surface area contributed by atoms with Gasteiger partial charge in [-0.25, -0.2) is 0 Å². The molecule has 0 amide bonds. The molecule has 0 radical (unpaired) electrons. The summed E-state index contributed by atoms with van der Waals surface area (Å²) < 4.78 is 0. The van der Waals surface area contributed by atoms with Crippen molar-refractivity contribution in [2.45, 2.75) is 45.2 Å². The second-order valence-corrected chi connectivity index (χ2v) is 6.28. The van der Waals surface area contributed by atoms with Crippen molar-refractivity contribution in [2.75, 3.05) is 20.1 Å². The van der Waals surface area contributed by atoms with Crippen molar-refractivity contribution in [2.24, 2.45) is 0 Å². The fourth-order valence-corrected chi connectivity index (χ4v) is 2.81. The standard InChI is InChI=1S/C16H26N2/c1-13-7-5-6-8-14(13)9-10-18(4)15-11-16(2,3)17-12-15/h5-8,15,17H,9-12H2,1-4H3. The number of likely N-dealkylation sites (N-methyl/N-ethyl adjacent to an activating group) is 1. The Bertz CT molecular complexity index is 398. The average Bonchev–Trinajstić information content (AvgIpc) is 2.68. The third-order valence-electron chi connectivity index (χ3n) is 4.18. The molecule has 2 nitrogen and oxygen atoms in total. The smallest absolute Gasteiger partial charge is 0.0235 e. The number of aryl methyl sites for hydroxylation is 1. The van der Waals surface area contributed by atoms with Gasteiger partial charge in [-0.15, -0.1) is 0 Å². The third kappa shape index (κ3) is 3.33. The first-order valence-electron chi connectivity index (χ1n) is 6.98. The molecule has 1 aliphatic heterocycles. The van der Waals surface area contributed by atoms with Gasteiger partial charge in [0.25, 0.3) is 0 Å². The molecule has 0 aromatic heterocycles. The fourth-order valence-electron chi connectivity index (χ4n) is 2.81. The van der Waals surface area contributed by atoms with Crippen LogP contribution in [0.15, 0.2) is 24.3 Å². The van der Waals surface area contributed by atoms with E-state index in [0.29, 0.717) is 11.6 Å². The Morgan fingerprint density at radius 2 is 2.06 bits per heavy atom. The molecule has 1 fully saturated rings. The Kier molecular flexibility index (Phi) is 4.08. The second kappa shape index (κ2) is 5.41. The first-order valence-corrected chi connectivity index (χ1v) is 6.98. The van der Waals surface area contributed by atoms with Gasteiger partial charge in [-0.05, 0) is 51.8 Å². The van der Waals surface area contributed by atoms with Crippen molar-refractivity contribution < 1.29 is 0 Å². The molecule has 18 heavy (non-hydrogen) atoms. The molecule has 0 saturated carbocycles. The highest BCUT2D eigenvalue weighted by Crippen LogP contribution is 2.21. The van der Waals surface area contributed by atoms with Crippen molar-refractivity contribution in [1.82, 2.24) is 10.2 Å². The van der Waals surface area contributed by atoms with Gasteiger partial charge in [-0.1, -0.05) is 24.3 Å². The van der Waals surface area contributed by atoms with Gasteiger partial charge in [0.15, 0.2) is 0 Å². The summed E-state index contributed by atoms with van der Waals surface area (Å²) in [5.41, 5.74) is 3.20. The number of hydrogen-bond donors (Lipinski definition) is 1. The van der Waals surface area contributed by atoms with Crippen LogP contribution in [0.2, 0.25) is 0 Å². The summed E-state index contributed by atoms with van der Waals surface area (Å²) in [5.74, 6) is 0. The van der Waals surface area contributed by atoms with E-state index in [9.17, 15) is 0 Å². The topological polar surface area (TPSA) is 15.3 Å². The molecule has 100 valence electrons. The van der Waals surface area contributed by atoms with Crippen LogP contribution in [0.4, 0.5) is 0 Å². The third-order valence-corrected chi connectivity index (χ3v) is 4.18. The van der Waals surface area contributed by atoms with E-state index in [2.05, 4.69) is 62.3 Å². The van der Waals surface area contributed by atoms with Crippen molar-refractivity contribution in [3.8, 4) is 0 Å². The van der Waals surface area contributed by atoms with Crippen LogP contribution in [0.1, 0.15) is 31.4 Å². The highest BCUT2D eigenvalue weighted by atomic mass is 15.2. The maximum absolute atomic E-state index is 3.59. The van der Waals surface area contributed by atoms with Crippen LogP contribution < -0.4 is 5.32 Å². The van der Waals surface area contributed by atoms with E-state index in [4.69, 9.17) is 0 Å². The van der Waals surface area contributed by atoms with E-state index >= 15 is 0 Å². The van der Waals surface area contributed by atoms with E-state index in [1.807, 2.05) is 0 Å². The first-order chi connectivity index (χ1) is 8.48. The normalized spacial score (nSPS) is 22.6. The van der Waals surface area contributed by atoms with Crippen molar-refractivity contribution in [3.63, 3.8) is 0 Å². The minimum atomic E-state index is 0.307. The van der Waals surface area contributed by atoms with E-state index < -0.39 is 0 Å². The van der Waals surface area contributed by atoms with Crippen molar-refractivity contribution in [1.29, 1.82) is 0 Å². The van der Waals surface area contributed by atoms with Gasteiger partial charge in [-0.2, -0.15) is 0 Å². The summed E-state index contributed by atoms with van der Waals surface area (Å²) in [4.78, 5) is 2.51. The Morgan fingerprint density at radius 1 is 1.33 bits per heavy atom. The van der Waals surface area contributed by atoms with Crippen LogP contribution in [0, 0.1) is 6.92 Å². The number of hydrogen-bond acceptors (Lipinski definition) is 2. The minimum Gasteiger partial charge on any atom is -0.310 e. The number of rotatable bonds is 4. The zero-order valence-electron chi connectivity index (χ0n) is 12.2. The predicted octanol–water partition coefficient (Wildman–Crippen LogP) is 2.61. The minimum absolute atomic E-state index is 0.307. The summed E-state index contributed by atoms with van der Waals surface area (Å²) in [6, 6.07) is 9.40. The highest BCUT2D eigenvalue weighted by Gasteiger charge is 2.32. The van der Waals surface area contributed by atoms with Gasteiger partial charge in [0, 0.05) is 24.7 Å². The molecule has 0 spiro atoms.